The summed E-state index contributed by atoms with van der Waals surface area (Å²) >= 11 is 0. The van der Waals surface area contributed by atoms with Gasteiger partial charge in [0.1, 0.15) is 17.5 Å². The molecule has 6 nitrogen and oxygen atoms in total. The molecule has 0 aliphatic heterocycles. The lowest BCUT2D eigenvalue weighted by Crippen LogP contribution is -1.91. The molecule has 0 spiro atoms. The average molecular weight is 315 g/mol. The molecule has 0 aliphatic rings. The molecule has 1 aromatic carbocycles. The standard InChI is InChI=1S/C15H11F2N5O/c1-7(2)14-13(12-11(6-18)20-22-21-12)19-15(23-14)8-3-4-9(16)10(17)5-8/h3-5,7H,1-2H3,(H,20,21,22). The zero-order chi connectivity index (χ0) is 16.6. The van der Waals surface area contributed by atoms with Crippen LogP contribution in [0.4, 0.5) is 8.78 Å². The summed E-state index contributed by atoms with van der Waals surface area (Å²) in [5.41, 5.74) is 0.981. The number of rotatable bonds is 3. The fourth-order valence-corrected chi connectivity index (χ4v) is 2.12. The maximum atomic E-state index is 13.4. The number of H-pyrrole nitrogens is 1. The number of benzene rings is 1. The van der Waals surface area contributed by atoms with Crippen molar-refractivity contribution in [2.24, 2.45) is 0 Å². The molecule has 3 rings (SSSR count). The van der Waals surface area contributed by atoms with Gasteiger partial charge in [0.2, 0.25) is 5.89 Å². The van der Waals surface area contributed by atoms with Gasteiger partial charge in [-0.15, -0.1) is 5.10 Å². The third kappa shape index (κ3) is 2.57. The minimum atomic E-state index is -0.993. The fraction of sp³-hybridized carbons (Fsp3) is 0.200. The third-order valence-electron chi connectivity index (χ3n) is 3.22. The third-order valence-corrected chi connectivity index (χ3v) is 3.22. The van der Waals surface area contributed by atoms with Gasteiger partial charge in [-0.2, -0.15) is 15.6 Å². The van der Waals surface area contributed by atoms with Crippen LogP contribution >= 0.6 is 0 Å². The van der Waals surface area contributed by atoms with Gasteiger partial charge in [0.25, 0.3) is 0 Å². The number of hydrogen-bond donors (Lipinski definition) is 1. The largest absolute Gasteiger partial charge is 0.440 e. The van der Waals surface area contributed by atoms with Crippen LogP contribution in [0.2, 0.25) is 0 Å². The second-order valence-corrected chi connectivity index (χ2v) is 5.15. The molecular weight excluding hydrogens is 304 g/mol. The highest BCUT2D eigenvalue weighted by Gasteiger charge is 2.24. The van der Waals surface area contributed by atoms with E-state index < -0.39 is 11.6 Å². The van der Waals surface area contributed by atoms with E-state index in [2.05, 4.69) is 20.4 Å². The van der Waals surface area contributed by atoms with Crippen LogP contribution in [0.25, 0.3) is 22.8 Å². The lowest BCUT2D eigenvalue weighted by Gasteiger charge is -2.01. The molecular formula is C15H11F2N5O. The van der Waals surface area contributed by atoms with Gasteiger partial charge in [0, 0.05) is 11.5 Å². The highest BCUT2D eigenvalue weighted by Crippen LogP contribution is 2.33. The van der Waals surface area contributed by atoms with Crippen LogP contribution in [0.1, 0.15) is 31.2 Å². The summed E-state index contributed by atoms with van der Waals surface area (Å²) in [4.78, 5) is 4.29. The molecule has 0 saturated carbocycles. The van der Waals surface area contributed by atoms with Gasteiger partial charge >= 0.3 is 0 Å². The Kier molecular flexibility index (Phi) is 3.62. The maximum absolute atomic E-state index is 13.4. The number of hydrogen-bond acceptors (Lipinski definition) is 5. The smallest absolute Gasteiger partial charge is 0.227 e. The van der Waals surface area contributed by atoms with Gasteiger partial charge in [0.05, 0.1) is 0 Å². The first-order valence-corrected chi connectivity index (χ1v) is 6.78. The van der Waals surface area contributed by atoms with E-state index in [1.165, 1.54) is 6.07 Å². The molecule has 2 aromatic heterocycles. The van der Waals surface area contributed by atoms with E-state index in [4.69, 9.17) is 9.68 Å². The molecule has 0 unspecified atom stereocenters. The van der Waals surface area contributed by atoms with Gasteiger partial charge in [-0.25, -0.2) is 13.8 Å². The molecule has 0 saturated heterocycles. The number of halogens is 2. The zero-order valence-corrected chi connectivity index (χ0v) is 12.3. The molecule has 8 heteroatoms. The van der Waals surface area contributed by atoms with E-state index in [1.54, 1.807) is 0 Å². The Labute approximate surface area is 129 Å². The van der Waals surface area contributed by atoms with Crippen molar-refractivity contribution in [2.75, 3.05) is 0 Å². The van der Waals surface area contributed by atoms with Crippen molar-refractivity contribution >= 4 is 0 Å². The Hall–Kier alpha value is -3.08. The van der Waals surface area contributed by atoms with E-state index in [9.17, 15) is 8.78 Å². The zero-order valence-electron chi connectivity index (χ0n) is 12.3. The number of nitrogens with zero attached hydrogens (tertiary/aromatic N) is 4. The quantitative estimate of drug-likeness (QED) is 0.799. The van der Waals surface area contributed by atoms with Crippen LogP contribution < -0.4 is 0 Å². The van der Waals surface area contributed by atoms with E-state index in [1.807, 2.05) is 19.9 Å². The molecule has 1 N–H and O–H groups in total. The Morgan fingerprint density at radius 3 is 2.61 bits per heavy atom. The molecule has 2 heterocycles. The number of aromatic amines is 1. The second-order valence-electron chi connectivity index (χ2n) is 5.15. The summed E-state index contributed by atoms with van der Waals surface area (Å²) in [7, 11) is 0. The topological polar surface area (TPSA) is 91.4 Å². The molecule has 0 atom stereocenters. The van der Waals surface area contributed by atoms with Crippen LogP contribution in [-0.2, 0) is 0 Å². The van der Waals surface area contributed by atoms with Crippen molar-refractivity contribution in [3.05, 3.63) is 41.3 Å². The van der Waals surface area contributed by atoms with E-state index in [-0.39, 0.29) is 23.2 Å². The van der Waals surface area contributed by atoms with Crippen LogP contribution in [0.5, 0.6) is 0 Å². The Morgan fingerprint density at radius 2 is 1.96 bits per heavy atom. The van der Waals surface area contributed by atoms with Crippen molar-refractivity contribution in [1.29, 1.82) is 5.26 Å². The minimum absolute atomic E-state index is 0.0558. The van der Waals surface area contributed by atoms with Gasteiger partial charge < -0.3 is 4.42 Å². The van der Waals surface area contributed by atoms with E-state index >= 15 is 0 Å². The predicted octanol–water partition coefficient (Wildman–Crippen LogP) is 3.40. The van der Waals surface area contributed by atoms with Gasteiger partial charge in [0.15, 0.2) is 23.0 Å². The summed E-state index contributed by atoms with van der Waals surface area (Å²) in [6.07, 6.45) is 0. The van der Waals surface area contributed by atoms with E-state index in [0.717, 1.165) is 12.1 Å². The Balaban J connectivity index is 2.16. The minimum Gasteiger partial charge on any atom is -0.440 e. The predicted molar refractivity (Wildman–Crippen MR) is 76.0 cm³/mol. The summed E-state index contributed by atoms with van der Waals surface area (Å²) in [6.45, 7) is 3.76. The van der Waals surface area contributed by atoms with Crippen LogP contribution in [0.15, 0.2) is 22.6 Å². The van der Waals surface area contributed by atoms with Crippen molar-refractivity contribution in [1.82, 2.24) is 20.4 Å². The highest BCUT2D eigenvalue weighted by atomic mass is 19.2. The van der Waals surface area contributed by atoms with E-state index in [0.29, 0.717) is 17.0 Å². The lowest BCUT2D eigenvalue weighted by atomic mass is 10.1. The van der Waals surface area contributed by atoms with Crippen LogP contribution in [0.3, 0.4) is 0 Å². The summed E-state index contributed by atoms with van der Waals surface area (Å²) in [6, 6.07) is 5.28. The number of oxazole rings is 1. The normalized spacial score (nSPS) is 11.0. The summed E-state index contributed by atoms with van der Waals surface area (Å²) in [5.74, 6) is -1.40. The molecule has 0 aliphatic carbocycles. The first-order chi connectivity index (χ1) is 11.0. The summed E-state index contributed by atoms with van der Waals surface area (Å²) in [5, 5.41) is 19.1. The van der Waals surface area contributed by atoms with Gasteiger partial charge in [-0.3, -0.25) is 0 Å². The number of aromatic nitrogens is 4. The van der Waals surface area contributed by atoms with Gasteiger partial charge in [-0.05, 0) is 18.2 Å². The van der Waals surface area contributed by atoms with Crippen molar-refractivity contribution in [2.45, 2.75) is 19.8 Å². The van der Waals surface area contributed by atoms with Crippen LogP contribution in [-0.4, -0.2) is 20.4 Å². The molecule has 116 valence electrons. The summed E-state index contributed by atoms with van der Waals surface area (Å²) < 4.78 is 32.2. The second kappa shape index (κ2) is 5.61. The van der Waals surface area contributed by atoms with Crippen molar-refractivity contribution in [3.8, 4) is 28.9 Å². The first kappa shape index (κ1) is 14.8. The Bertz CT molecular complexity index is 907. The van der Waals surface area contributed by atoms with Crippen LogP contribution in [0, 0.1) is 23.0 Å². The highest BCUT2D eigenvalue weighted by molar-refractivity contribution is 5.66. The monoisotopic (exact) mass is 315 g/mol. The molecule has 3 aromatic rings. The molecule has 0 bridgehead atoms. The molecule has 0 amide bonds. The maximum Gasteiger partial charge on any atom is 0.227 e. The SMILES string of the molecule is CC(C)c1oc(-c2ccc(F)c(F)c2)nc1-c1n[nH]nc1C#N. The number of nitriles is 1. The molecule has 0 radical (unpaired) electrons. The van der Waals surface area contributed by atoms with Crippen molar-refractivity contribution < 1.29 is 13.2 Å². The first-order valence-electron chi connectivity index (χ1n) is 6.78. The number of nitrogens with one attached hydrogen (secondary N) is 1. The molecule has 23 heavy (non-hydrogen) atoms. The average Bonchev–Trinajstić information content (AvgIpc) is 3.15. The molecule has 0 fully saturated rings. The van der Waals surface area contributed by atoms with Gasteiger partial charge in [-0.1, -0.05) is 13.8 Å². The Morgan fingerprint density at radius 1 is 1.17 bits per heavy atom. The van der Waals surface area contributed by atoms with Crippen molar-refractivity contribution in [3.63, 3.8) is 0 Å². The fourth-order valence-electron chi connectivity index (χ4n) is 2.12. The lowest BCUT2D eigenvalue weighted by molar-refractivity contribution is 0.491.